The van der Waals surface area contributed by atoms with Gasteiger partial charge in [-0.25, -0.2) is 22.8 Å². The highest BCUT2D eigenvalue weighted by atomic mass is 35.5. The number of nitrogens with one attached hydrogen (secondary N) is 3. The summed E-state index contributed by atoms with van der Waals surface area (Å²) >= 11 is 6.02. The van der Waals surface area contributed by atoms with Crippen LogP contribution in [-0.4, -0.2) is 49.6 Å². The van der Waals surface area contributed by atoms with Crippen LogP contribution in [0.3, 0.4) is 0 Å². The molecule has 1 aliphatic rings. The Morgan fingerprint density at radius 1 is 1.03 bits per heavy atom. The van der Waals surface area contributed by atoms with E-state index < -0.39 is 21.7 Å². The van der Waals surface area contributed by atoms with Crippen molar-refractivity contribution >= 4 is 44.3 Å². The van der Waals surface area contributed by atoms with Gasteiger partial charge in [0, 0.05) is 29.2 Å². The molecule has 204 valence electrons. The summed E-state index contributed by atoms with van der Waals surface area (Å²) in [4.78, 5) is 13.0. The smallest absolute Gasteiger partial charge is 0.264 e. The van der Waals surface area contributed by atoms with Crippen molar-refractivity contribution in [3.05, 3.63) is 65.6 Å². The van der Waals surface area contributed by atoms with Gasteiger partial charge in [0.15, 0.2) is 11.6 Å². The minimum atomic E-state index is -4.18. The lowest BCUT2D eigenvalue weighted by Crippen LogP contribution is -2.35. The molecule has 39 heavy (non-hydrogen) atoms. The quantitative estimate of drug-likeness (QED) is 0.263. The number of rotatable bonds is 8. The largest absolute Gasteiger partial charge is 0.480 e. The lowest BCUT2D eigenvalue weighted by molar-refractivity contribution is 0.370. The number of ether oxygens (including phenoxy) is 1. The maximum atomic E-state index is 15.1. The molecule has 2 heterocycles. The molecule has 12 heteroatoms. The van der Waals surface area contributed by atoms with E-state index in [1.54, 1.807) is 18.3 Å². The van der Waals surface area contributed by atoms with Crippen molar-refractivity contribution < 1.29 is 17.5 Å². The van der Waals surface area contributed by atoms with Crippen LogP contribution in [0.25, 0.3) is 22.0 Å². The number of aromatic nitrogens is 3. The SMILES string of the molecule is CN[C@H]1CC[C@H](Nc2ncc3cc(-c4cc(F)c(NS(=O)(=O)c5ccccc5Cl)nc4OC)ccc3n2)CC1. The van der Waals surface area contributed by atoms with Crippen LogP contribution in [0.2, 0.25) is 5.02 Å². The second-order valence-corrected chi connectivity index (χ2v) is 11.4. The van der Waals surface area contributed by atoms with Gasteiger partial charge < -0.3 is 15.4 Å². The number of hydrogen-bond acceptors (Lipinski definition) is 8. The third-order valence-corrected chi connectivity index (χ3v) is 8.69. The van der Waals surface area contributed by atoms with Crippen molar-refractivity contribution in [2.24, 2.45) is 0 Å². The molecule has 1 aliphatic carbocycles. The van der Waals surface area contributed by atoms with Crippen molar-refractivity contribution in [1.29, 1.82) is 0 Å². The fraction of sp³-hybridized carbons (Fsp3) is 0.296. The maximum Gasteiger partial charge on any atom is 0.264 e. The number of methoxy groups -OCH3 is 1. The zero-order valence-electron chi connectivity index (χ0n) is 21.4. The molecule has 0 atom stereocenters. The van der Waals surface area contributed by atoms with Gasteiger partial charge in [0.1, 0.15) is 4.90 Å². The van der Waals surface area contributed by atoms with Gasteiger partial charge in [-0.05, 0) is 68.6 Å². The number of pyridine rings is 1. The average Bonchev–Trinajstić information content (AvgIpc) is 2.94. The monoisotopic (exact) mass is 570 g/mol. The average molecular weight is 571 g/mol. The van der Waals surface area contributed by atoms with Crippen molar-refractivity contribution in [3.63, 3.8) is 0 Å². The lowest BCUT2D eigenvalue weighted by Gasteiger charge is -2.28. The first-order valence-corrected chi connectivity index (χ1v) is 14.4. The molecule has 0 bridgehead atoms. The molecule has 2 aromatic carbocycles. The number of sulfonamides is 1. The molecule has 0 amide bonds. The van der Waals surface area contributed by atoms with Crippen molar-refractivity contribution in [2.75, 3.05) is 24.2 Å². The summed E-state index contributed by atoms with van der Waals surface area (Å²) in [6.07, 6.45) is 6.04. The van der Waals surface area contributed by atoms with Crippen LogP contribution >= 0.6 is 11.6 Å². The Bertz CT molecular complexity index is 1610. The molecule has 1 saturated carbocycles. The van der Waals surface area contributed by atoms with E-state index in [1.807, 2.05) is 19.2 Å². The lowest BCUT2D eigenvalue weighted by atomic mass is 9.91. The van der Waals surface area contributed by atoms with E-state index in [0.29, 0.717) is 29.2 Å². The minimum absolute atomic E-state index is 0.00639. The second kappa shape index (κ2) is 11.3. The Hall–Kier alpha value is -3.54. The van der Waals surface area contributed by atoms with Crippen molar-refractivity contribution in [2.45, 2.75) is 42.7 Å². The summed E-state index contributed by atoms with van der Waals surface area (Å²) in [6.45, 7) is 0. The first kappa shape index (κ1) is 27.0. The maximum absolute atomic E-state index is 15.1. The summed E-state index contributed by atoms with van der Waals surface area (Å²) in [5.74, 6) is -0.753. The fourth-order valence-corrected chi connectivity index (χ4v) is 6.26. The van der Waals surface area contributed by atoms with E-state index in [4.69, 9.17) is 16.3 Å². The van der Waals surface area contributed by atoms with Crippen LogP contribution in [0, 0.1) is 5.82 Å². The van der Waals surface area contributed by atoms with Gasteiger partial charge in [0.05, 0.1) is 17.6 Å². The summed E-state index contributed by atoms with van der Waals surface area (Å²) in [6, 6.07) is 13.4. The van der Waals surface area contributed by atoms with E-state index in [0.717, 1.165) is 36.6 Å². The minimum Gasteiger partial charge on any atom is -0.480 e. The predicted octanol–water partition coefficient (Wildman–Crippen LogP) is 5.24. The molecule has 0 radical (unpaired) electrons. The molecule has 0 saturated heterocycles. The fourth-order valence-electron chi connectivity index (χ4n) is 4.73. The van der Waals surface area contributed by atoms with Gasteiger partial charge in [0.25, 0.3) is 10.0 Å². The van der Waals surface area contributed by atoms with E-state index >= 15 is 4.39 Å². The summed E-state index contributed by atoms with van der Waals surface area (Å²) < 4.78 is 48.3. The topological polar surface area (TPSA) is 118 Å². The highest BCUT2D eigenvalue weighted by molar-refractivity contribution is 7.92. The molecular weight excluding hydrogens is 543 g/mol. The highest BCUT2D eigenvalue weighted by Crippen LogP contribution is 2.34. The van der Waals surface area contributed by atoms with Gasteiger partial charge in [-0.1, -0.05) is 29.8 Å². The predicted molar refractivity (Wildman–Crippen MR) is 150 cm³/mol. The van der Waals surface area contributed by atoms with E-state index in [1.165, 1.54) is 31.4 Å². The van der Waals surface area contributed by atoms with Crippen LogP contribution in [0.15, 0.2) is 59.6 Å². The number of anilines is 2. The van der Waals surface area contributed by atoms with E-state index in [-0.39, 0.29) is 15.8 Å². The molecule has 0 unspecified atom stereocenters. The van der Waals surface area contributed by atoms with Crippen LogP contribution in [-0.2, 0) is 10.0 Å². The van der Waals surface area contributed by atoms with Gasteiger partial charge in [-0.2, -0.15) is 4.98 Å². The van der Waals surface area contributed by atoms with Gasteiger partial charge >= 0.3 is 0 Å². The van der Waals surface area contributed by atoms with Gasteiger partial charge in [-0.3, -0.25) is 4.72 Å². The molecule has 2 aromatic heterocycles. The highest BCUT2D eigenvalue weighted by Gasteiger charge is 2.23. The zero-order valence-corrected chi connectivity index (χ0v) is 23.0. The van der Waals surface area contributed by atoms with Crippen molar-refractivity contribution in [3.8, 4) is 17.0 Å². The molecule has 9 nitrogen and oxygen atoms in total. The van der Waals surface area contributed by atoms with Crippen LogP contribution < -0.4 is 20.1 Å². The molecule has 0 spiro atoms. The van der Waals surface area contributed by atoms with E-state index in [9.17, 15) is 8.42 Å². The number of nitrogens with zero attached hydrogens (tertiary/aromatic N) is 3. The number of fused-ring (bicyclic) bond motifs is 1. The van der Waals surface area contributed by atoms with Crippen LogP contribution in [0.1, 0.15) is 25.7 Å². The number of hydrogen-bond donors (Lipinski definition) is 3. The first-order chi connectivity index (χ1) is 18.8. The third-order valence-electron chi connectivity index (χ3n) is 6.85. The zero-order chi connectivity index (χ0) is 27.6. The Balaban J connectivity index is 1.39. The Labute approximate surface area is 231 Å². The van der Waals surface area contributed by atoms with Gasteiger partial charge in [-0.15, -0.1) is 0 Å². The normalized spacial score (nSPS) is 17.6. The summed E-state index contributed by atoms with van der Waals surface area (Å²) in [5, 5.41) is 7.53. The second-order valence-electron chi connectivity index (χ2n) is 9.36. The third kappa shape index (κ3) is 5.90. The summed E-state index contributed by atoms with van der Waals surface area (Å²) in [7, 11) is -0.808. The van der Waals surface area contributed by atoms with E-state index in [2.05, 4.69) is 30.3 Å². The summed E-state index contributed by atoms with van der Waals surface area (Å²) in [5.41, 5.74) is 1.69. The standard InChI is InChI=1S/C27H28ClFN6O3S/c1-30-18-8-10-19(11-9-18)32-27-31-15-17-13-16(7-12-23(17)33-27)20-14-22(29)25(34-26(20)38-2)35-39(36,37)24-6-4-3-5-21(24)28/h3-7,12-15,18-19,30H,8-11H2,1-2H3,(H,34,35)(H,31,32,33)/t18-,19-. The molecule has 5 rings (SSSR count). The molecule has 3 N–H and O–H groups in total. The van der Waals surface area contributed by atoms with Gasteiger partial charge in [0.2, 0.25) is 11.8 Å². The van der Waals surface area contributed by atoms with Crippen molar-refractivity contribution in [1.82, 2.24) is 20.3 Å². The van der Waals surface area contributed by atoms with Crippen LogP contribution in [0.5, 0.6) is 5.88 Å². The Morgan fingerprint density at radius 2 is 1.77 bits per heavy atom. The van der Waals surface area contributed by atoms with Crippen LogP contribution in [0.4, 0.5) is 16.2 Å². The number of benzene rings is 2. The molecule has 1 fully saturated rings. The molecular formula is C27H28ClFN6O3S. The Kier molecular flexibility index (Phi) is 7.83. The first-order valence-electron chi connectivity index (χ1n) is 12.5. The number of halogens is 2. The molecule has 4 aromatic rings. The Morgan fingerprint density at radius 3 is 2.49 bits per heavy atom. The molecule has 0 aliphatic heterocycles.